The van der Waals surface area contributed by atoms with Crippen LogP contribution in [0.5, 0.6) is 5.75 Å². The van der Waals surface area contributed by atoms with E-state index in [9.17, 15) is 4.79 Å². The molecule has 0 aliphatic carbocycles. The predicted molar refractivity (Wildman–Crippen MR) is 86.2 cm³/mol. The van der Waals surface area contributed by atoms with Gasteiger partial charge in [-0.05, 0) is 46.5 Å². The second-order valence-electron chi connectivity index (χ2n) is 5.96. The van der Waals surface area contributed by atoms with Gasteiger partial charge in [0.1, 0.15) is 5.75 Å². The minimum absolute atomic E-state index is 0.0700. The highest BCUT2D eigenvalue weighted by molar-refractivity contribution is 5.77. The molecule has 0 aromatic heterocycles. The van der Waals surface area contributed by atoms with Gasteiger partial charge in [0.2, 0.25) is 6.41 Å². The summed E-state index contributed by atoms with van der Waals surface area (Å²) < 4.78 is 5.81. The Hall–Kier alpha value is -1.75. The molecule has 1 saturated heterocycles. The molecule has 0 radical (unpaired) electrons. The molecule has 0 spiro atoms. The molecule has 5 nitrogen and oxygen atoms in total. The highest BCUT2D eigenvalue weighted by atomic mass is 16.5. The van der Waals surface area contributed by atoms with Crippen LogP contribution in [0.25, 0.3) is 0 Å². The van der Waals surface area contributed by atoms with E-state index in [1.54, 1.807) is 0 Å². The Balaban J connectivity index is 2.19. The van der Waals surface area contributed by atoms with Gasteiger partial charge in [0.25, 0.3) is 0 Å². The Kier molecular flexibility index (Phi) is 5.07. The minimum atomic E-state index is 0.0700. The van der Waals surface area contributed by atoms with Gasteiger partial charge in [0.15, 0.2) is 0 Å². The summed E-state index contributed by atoms with van der Waals surface area (Å²) in [6.07, 6.45) is 1.92. The summed E-state index contributed by atoms with van der Waals surface area (Å²) in [6.45, 7) is 6.03. The largest absolute Gasteiger partial charge is 0.489 e. The number of nitrogens with zero attached hydrogens (tertiary/aromatic N) is 2. The number of likely N-dealkylation sites (N-methyl/N-ethyl adjacent to an activating group) is 1. The number of hydrogen-bond acceptors (Lipinski definition) is 4. The van der Waals surface area contributed by atoms with Crippen LogP contribution in [0.4, 0.5) is 11.4 Å². The van der Waals surface area contributed by atoms with Crippen LogP contribution in [-0.2, 0) is 4.79 Å². The molecule has 0 bridgehead atoms. The zero-order valence-corrected chi connectivity index (χ0v) is 13.3. The average Bonchev–Trinajstić information content (AvgIpc) is 2.90. The van der Waals surface area contributed by atoms with E-state index in [-0.39, 0.29) is 6.10 Å². The maximum atomic E-state index is 10.7. The molecular formula is C16H25N3O2. The van der Waals surface area contributed by atoms with Gasteiger partial charge in [0.05, 0.1) is 11.8 Å². The summed E-state index contributed by atoms with van der Waals surface area (Å²) in [4.78, 5) is 15.3. The quantitative estimate of drug-likeness (QED) is 0.816. The molecule has 1 N–H and O–H groups in total. The van der Waals surface area contributed by atoms with Gasteiger partial charge in [0, 0.05) is 30.9 Å². The highest BCUT2D eigenvalue weighted by Gasteiger charge is 2.24. The van der Waals surface area contributed by atoms with Crippen molar-refractivity contribution in [3.8, 4) is 5.75 Å². The third kappa shape index (κ3) is 3.88. The number of amides is 1. The van der Waals surface area contributed by atoms with Crippen molar-refractivity contribution < 1.29 is 9.53 Å². The zero-order chi connectivity index (χ0) is 15.4. The summed E-state index contributed by atoms with van der Waals surface area (Å²) in [5.41, 5.74) is 1.86. The van der Waals surface area contributed by atoms with E-state index in [1.165, 1.54) is 6.42 Å². The summed E-state index contributed by atoms with van der Waals surface area (Å²) in [5, 5.41) is 2.69. The Morgan fingerprint density at radius 2 is 2.19 bits per heavy atom. The fraction of sp³-hybridized carbons (Fsp3) is 0.562. The van der Waals surface area contributed by atoms with E-state index in [4.69, 9.17) is 4.74 Å². The first-order chi connectivity index (χ1) is 10.0. The molecular weight excluding hydrogens is 266 g/mol. The number of nitrogens with one attached hydrogen (secondary N) is 1. The maximum Gasteiger partial charge on any atom is 0.211 e. The summed E-state index contributed by atoms with van der Waals surface area (Å²) in [5.74, 6) is 0.725. The van der Waals surface area contributed by atoms with Gasteiger partial charge < -0.3 is 19.9 Å². The number of rotatable bonds is 6. The highest BCUT2D eigenvalue weighted by Crippen LogP contribution is 2.32. The van der Waals surface area contributed by atoms with Crippen molar-refractivity contribution in [1.82, 2.24) is 4.90 Å². The lowest BCUT2D eigenvalue weighted by molar-refractivity contribution is -0.105. The number of anilines is 2. The lowest BCUT2D eigenvalue weighted by Gasteiger charge is -2.23. The number of carbonyl (C=O) groups excluding carboxylic acids is 1. The third-order valence-corrected chi connectivity index (χ3v) is 3.80. The van der Waals surface area contributed by atoms with Crippen LogP contribution in [0.2, 0.25) is 0 Å². The van der Waals surface area contributed by atoms with Crippen LogP contribution in [0.3, 0.4) is 0 Å². The van der Waals surface area contributed by atoms with Crippen molar-refractivity contribution in [2.45, 2.75) is 32.4 Å². The molecule has 1 atom stereocenters. The lowest BCUT2D eigenvalue weighted by Crippen LogP contribution is -2.31. The first-order valence-corrected chi connectivity index (χ1v) is 7.43. The summed E-state index contributed by atoms with van der Waals surface area (Å²) in [7, 11) is 4.25. The van der Waals surface area contributed by atoms with Crippen molar-refractivity contribution in [2.75, 3.05) is 37.4 Å². The van der Waals surface area contributed by atoms with E-state index < -0.39 is 0 Å². The molecule has 1 fully saturated rings. The van der Waals surface area contributed by atoms with Gasteiger partial charge in [-0.2, -0.15) is 0 Å². The Bertz CT molecular complexity index is 488. The molecule has 1 aliphatic heterocycles. The molecule has 0 saturated carbocycles. The van der Waals surface area contributed by atoms with Crippen molar-refractivity contribution >= 4 is 17.8 Å². The van der Waals surface area contributed by atoms with E-state index in [0.29, 0.717) is 18.1 Å². The van der Waals surface area contributed by atoms with Crippen molar-refractivity contribution in [3.05, 3.63) is 18.2 Å². The van der Waals surface area contributed by atoms with Crippen LogP contribution < -0.4 is 15.0 Å². The Morgan fingerprint density at radius 3 is 2.76 bits per heavy atom. The molecule has 1 amide bonds. The lowest BCUT2D eigenvalue weighted by atomic mass is 10.2. The first kappa shape index (κ1) is 15.6. The van der Waals surface area contributed by atoms with Crippen LogP contribution >= 0.6 is 0 Å². The van der Waals surface area contributed by atoms with Crippen molar-refractivity contribution in [3.63, 3.8) is 0 Å². The predicted octanol–water partition coefficient (Wildman–Crippen LogP) is 2.18. The average molecular weight is 291 g/mol. The molecule has 1 heterocycles. The second kappa shape index (κ2) is 6.80. The van der Waals surface area contributed by atoms with Gasteiger partial charge >= 0.3 is 0 Å². The van der Waals surface area contributed by atoms with Crippen LogP contribution in [0.1, 0.15) is 20.3 Å². The summed E-state index contributed by atoms with van der Waals surface area (Å²) >= 11 is 0. The van der Waals surface area contributed by atoms with Crippen LogP contribution in [-0.4, -0.2) is 50.6 Å². The van der Waals surface area contributed by atoms with Crippen LogP contribution in [0.15, 0.2) is 18.2 Å². The maximum absolute atomic E-state index is 10.7. The topological polar surface area (TPSA) is 44.8 Å². The fourth-order valence-corrected chi connectivity index (χ4v) is 2.64. The van der Waals surface area contributed by atoms with Crippen molar-refractivity contribution in [2.24, 2.45) is 0 Å². The molecule has 2 rings (SSSR count). The number of carbonyl (C=O) groups is 1. The Morgan fingerprint density at radius 1 is 1.43 bits per heavy atom. The number of benzene rings is 1. The molecule has 1 aliphatic rings. The zero-order valence-electron chi connectivity index (χ0n) is 13.3. The third-order valence-electron chi connectivity index (χ3n) is 3.80. The van der Waals surface area contributed by atoms with Gasteiger partial charge in [-0.15, -0.1) is 0 Å². The smallest absolute Gasteiger partial charge is 0.211 e. The van der Waals surface area contributed by atoms with E-state index in [2.05, 4.69) is 29.2 Å². The molecule has 1 aromatic carbocycles. The van der Waals surface area contributed by atoms with Gasteiger partial charge in [-0.3, -0.25) is 4.79 Å². The molecule has 21 heavy (non-hydrogen) atoms. The van der Waals surface area contributed by atoms with Gasteiger partial charge in [-0.1, -0.05) is 0 Å². The molecule has 116 valence electrons. The van der Waals surface area contributed by atoms with E-state index >= 15 is 0 Å². The van der Waals surface area contributed by atoms with Gasteiger partial charge in [-0.25, -0.2) is 0 Å². The Labute approximate surface area is 126 Å². The number of ether oxygens (including phenoxy) is 1. The monoisotopic (exact) mass is 291 g/mol. The van der Waals surface area contributed by atoms with E-state index in [0.717, 1.165) is 24.5 Å². The van der Waals surface area contributed by atoms with E-state index in [1.807, 2.05) is 32.0 Å². The minimum Gasteiger partial charge on any atom is -0.489 e. The van der Waals surface area contributed by atoms with Crippen LogP contribution in [0, 0.1) is 0 Å². The standard InChI is InChI=1S/C16H25N3O2/c1-12(2)21-16-9-13(5-6-15(16)17-11-20)19-8-7-14(10-19)18(3)4/h5-6,9,11-12,14H,7-8,10H2,1-4H3,(H,17,20). The van der Waals surface area contributed by atoms with Crippen molar-refractivity contribution in [1.29, 1.82) is 0 Å². The summed E-state index contributed by atoms with van der Waals surface area (Å²) in [6, 6.07) is 6.55. The second-order valence-corrected chi connectivity index (χ2v) is 5.96. The molecule has 1 aromatic rings. The number of hydrogen-bond donors (Lipinski definition) is 1. The first-order valence-electron chi connectivity index (χ1n) is 7.43. The SMILES string of the molecule is CC(C)Oc1cc(N2CCC(N(C)C)C2)ccc1NC=O. The molecule has 1 unspecified atom stereocenters. The fourth-order valence-electron chi connectivity index (χ4n) is 2.64. The molecule has 5 heteroatoms. The normalized spacial score (nSPS) is 18.4.